The van der Waals surface area contributed by atoms with Gasteiger partial charge in [0.2, 0.25) is 5.91 Å². The fraction of sp³-hybridized carbons (Fsp3) is 0.571. The van der Waals surface area contributed by atoms with E-state index in [9.17, 15) is 4.79 Å². The van der Waals surface area contributed by atoms with Crippen molar-refractivity contribution >= 4 is 5.91 Å². The second-order valence-electron chi connectivity index (χ2n) is 5.77. The van der Waals surface area contributed by atoms with Crippen LogP contribution in [0.25, 0.3) is 0 Å². The van der Waals surface area contributed by atoms with Crippen molar-refractivity contribution in [1.82, 2.24) is 14.7 Å². The minimum atomic E-state index is -0.0804. The molecule has 1 amide bonds. The predicted octanol–water partition coefficient (Wildman–Crippen LogP) is 1.72. The molecule has 2 heterocycles. The Bertz CT molecular complexity index is 511. The minimum Gasteiger partial charge on any atom is -0.493 e. The third-order valence-corrected chi connectivity index (χ3v) is 3.33. The topological polar surface area (TPSA) is 47.4 Å². The highest BCUT2D eigenvalue weighted by molar-refractivity contribution is 5.87. The number of aromatic nitrogens is 2. The average molecular weight is 263 g/mol. The number of hydrogen-bond acceptors (Lipinski definition) is 3. The molecule has 0 atom stereocenters. The van der Waals surface area contributed by atoms with Crippen molar-refractivity contribution in [3.63, 3.8) is 0 Å². The van der Waals surface area contributed by atoms with Crippen LogP contribution in [-0.2, 0) is 23.3 Å². The monoisotopic (exact) mass is 263 g/mol. The average Bonchev–Trinajstić information content (AvgIpc) is 2.75. The Kier molecular flexibility index (Phi) is 3.39. The minimum absolute atomic E-state index is 0.0492. The van der Waals surface area contributed by atoms with Gasteiger partial charge in [-0.05, 0) is 6.08 Å². The molecule has 0 aliphatic carbocycles. The largest absolute Gasteiger partial charge is 0.493 e. The summed E-state index contributed by atoms with van der Waals surface area (Å²) in [4.78, 5) is 13.5. The van der Waals surface area contributed by atoms with Gasteiger partial charge in [-0.3, -0.25) is 9.48 Å². The maximum atomic E-state index is 11.7. The van der Waals surface area contributed by atoms with Crippen molar-refractivity contribution in [2.24, 2.45) is 0 Å². The highest BCUT2D eigenvalue weighted by Crippen LogP contribution is 2.35. The van der Waals surface area contributed by atoms with E-state index < -0.39 is 0 Å². The van der Waals surface area contributed by atoms with Gasteiger partial charge in [0.25, 0.3) is 0 Å². The van der Waals surface area contributed by atoms with Crippen LogP contribution in [-0.4, -0.2) is 34.2 Å². The third-order valence-electron chi connectivity index (χ3n) is 3.33. The number of hydrogen-bond donors (Lipinski definition) is 0. The first kappa shape index (κ1) is 13.6. The molecule has 0 spiro atoms. The number of amides is 1. The molecule has 2 rings (SSSR count). The quantitative estimate of drug-likeness (QED) is 0.763. The summed E-state index contributed by atoms with van der Waals surface area (Å²) in [7, 11) is 1.65. The van der Waals surface area contributed by atoms with Gasteiger partial charge in [-0.2, -0.15) is 5.10 Å². The van der Waals surface area contributed by atoms with E-state index in [0.717, 1.165) is 17.1 Å². The van der Waals surface area contributed by atoms with E-state index in [0.29, 0.717) is 19.6 Å². The fourth-order valence-electron chi connectivity index (χ4n) is 2.32. The lowest BCUT2D eigenvalue weighted by molar-refractivity contribution is -0.127. The number of ether oxygens (including phenoxy) is 1. The molecule has 5 nitrogen and oxygen atoms in total. The highest BCUT2D eigenvalue weighted by atomic mass is 16.5. The predicted molar refractivity (Wildman–Crippen MR) is 73.1 cm³/mol. The molecule has 0 saturated carbocycles. The van der Waals surface area contributed by atoms with Crippen LogP contribution in [0.15, 0.2) is 12.7 Å². The van der Waals surface area contributed by atoms with Gasteiger partial charge in [-0.15, -0.1) is 0 Å². The van der Waals surface area contributed by atoms with E-state index in [1.807, 2.05) is 4.68 Å². The number of fused-ring (bicyclic) bond motifs is 1. The summed E-state index contributed by atoms with van der Waals surface area (Å²) in [6, 6.07) is 0. The molecular weight excluding hydrogens is 242 g/mol. The first-order chi connectivity index (χ1) is 8.88. The number of methoxy groups -OCH3 is 1. The van der Waals surface area contributed by atoms with Gasteiger partial charge < -0.3 is 9.64 Å². The summed E-state index contributed by atoms with van der Waals surface area (Å²) < 4.78 is 7.48. The van der Waals surface area contributed by atoms with Crippen molar-refractivity contribution in [3.05, 3.63) is 24.0 Å². The molecule has 1 aromatic rings. The fourth-order valence-corrected chi connectivity index (χ4v) is 2.32. The van der Waals surface area contributed by atoms with Crippen LogP contribution in [0.3, 0.4) is 0 Å². The Morgan fingerprint density at radius 2 is 2.11 bits per heavy atom. The summed E-state index contributed by atoms with van der Waals surface area (Å²) in [5.41, 5.74) is 1.83. The smallest absolute Gasteiger partial charge is 0.246 e. The Balaban J connectivity index is 2.41. The molecule has 0 saturated heterocycles. The second kappa shape index (κ2) is 4.72. The Morgan fingerprint density at radius 1 is 1.42 bits per heavy atom. The first-order valence-electron chi connectivity index (χ1n) is 6.44. The van der Waals surface area contributed by atoms with E-state index in [4.69, 9.17) is 4.74 Å². The molecule has 104 valence electrons. The van der Waals surface area contributed by atoms with Gasteiger partial charge in [0, 0.05) is 12.0 Å². The molecule has 0 radical (unpaired) electrons. The summed E-state index contributed by atoms with van der Waals surface area (Å²) in [5.74, 6) is 0.751. The van der Waals surface area contributed by atoms with Gasteiger partial charge in [0.1, 0.15) is 11.4 Å². The van der Waals surface area contributed by atoms with E-state index in [-0.39, 0.29) is 11.3 Å². The lowest BCUT2D eigenvalue weighted by Gasteiger charge is -2.27. The van der Waals surface area contributed by atoms with Gasteiger partial charge in [-0.1, -0.05) is 27.4 Å². The van der Waals surface area contributed by atoms with Gasteiger partial charge in [0.15, 0.2) is 5.75 Å². The summed E-state index contributed by atoms with van der Waals surface area (Å²) in [5, 5.41) is 4.64. The molecule has 0 fully saturated rings. The number of nitrogens with zero attached hydrogens (tertiary/aromatic N) is 3. The third kappa shape index (κ3) is 2.37. The van der Waals surface area contributed by atoms with Crippen LogP contribution < -0.4 is 4.74 Å². The normalized spacial score (nSPS) is 15.1. The van der Waals surface area contributed by atoms with Crippen molar-refractivity contribution in [2.75, 3.05) is 13.7 Å². The molecule has 0 bridgehead atoms. The van der Waals surface area contributed by atoms with Crippen molar-refractivity contribution in [1.29, 1.82) is 0 Å². The van der Waals surface area contributed by atoms with E-state index >= 15 is 0 Å². The molecule has 0 aromatic carbocycles. The molecule has 0 N–H and O–H groups in total. The maximum absolute atomic E-state index is 11.7. The first-order valence-corrected chi connectivity index (χ1v) is 6.44. The number of carbonyl (C=O) groups excluding carboxylic acids is 1. The Labute approximate surface area is 113 Å². The molecule has 1 aromatic heterocycles. The van der Waals surface area contributed by atoms with Crippen LogP contribution in [0.1, 0.15) is 32.2 Å². The highest BCUT2D eigenvalue weighted by Gasteiger charge is 2.31. The maximum Gasteiger partial charge on any atom is 0.246 e. The molecule has 19 heavy (non-hydrogen) atoms. The van der Waals surface area contributed by atoms with Gasteiger partial charge in [0.05, 0.1) is 20.2 Å². The van der Waals surface area contributed by atoms with Gasteiger partial charge >= 0.3 is 0 Å². The number of rotatable bonds is 2. The molecule has 5 heteroatoms. The molecule has 1 aliphatic rings. The van der Waals surface area contributed by atoms with E-state index in [1.165, 1.54) is 6.08 Å². The molecular formula is C14H21N3O2. The van der Waals surface area contributed by atoms with Crippen molar-refractivity contribution in [3.8, 4) is 5.75 Å². The Morgan fingerprint density at radius 3 is 2.63 bits per heavy atom. The zero-order valence-electron chi connectivity index (χ0n) is 12.1. The second-order valence-corrected chi connectivity index (χ2v) is 5.77. The van der Waals surface area contributed by atoms with Crippen LogP contribution in [0.2, 0.25) is 0 Å². The van der Waals surface area contributed by atoms with Gasteiger partial charge in [-0.25, -0.2) is 0 Å². The van der Waals surface area contributed by atoms with Crippen LogP contribution in [0.4, 0.5) is 0 Å². The Hall–Kier alpha value is -1.78. The van der Waals surface area contributed by atoms with Crippen LogP contribution >= 0.6 is 0 Å². The zero-order valence-corrected chi connectivity index (χ0v) is 12.1. The lowest BCUT2D eigenvalue weighted by atomic mass is 9.91. The molecule has 0 unspecified atom stereocenters. The van der Waals surface area contributed by atoms with Crippen molar-refractivity contribution in [2.45, 2.75) is 39.3 Å². The van der Waals surface area contributed by atoms with E-state index in [2.05, 4.69) is 32.4 Å². The zero-order chi connectivity index (χ0) is 14.2. The standard InChI is InChI=1S/C14H21N3O2/c1-6-11(18)16-7-8-17-10(9-16)12(19-5)13(15-17)14(2,3)4/h6H,1,7-9H2,2-5H3. The van der Waals surface area contributed by atoms with Crippen LogP contribution in [0, 0.1) is 0 Å². The lowest BCUT2D eigenvalue weighted by Crippen LogP contribution is -2.37. The summed E-state index contributed by atoms with van der Waals surface area (Å²) in [6.45, 7) is 11.7. The molecule has 1 aliphatic heterocycles. The summed E-state index contributed by atoms with van der Waals surface area (Å²) >= 11 is 0. The summed E-state index contributed by atoms with van der Waals surface area (Å²) in [6.07, 6.45) is 1.35. The van der Waals surface area contributed by atoms with E-state index in [1.54, 1.807) is 12.0 Å². The number of carbonyl (C=O) groups is 1. The SMILES string of the molecule is C=CC(=O)N1CCn2nc(C(C)(C)C)c(OC)c2C1. The van der Waals surface area contributed by atoms with Crippen LogP contribution in [0.5, 0.6) is 5.75 Å². The van der Waals surface area contributed by atoms with Crippen molar-refractivity contribution < 1.29 is 9.53 Å².